The highest BCUT2D eigenvalue weighted by Gasteiger charge is 2.13. The first-order valence-corrected chi connectivity index (χ1v) is 13.1. The Morgan fingerprint density at radius 2 is 1.92 bits per heavy atom. The topological polar surface area (TPSA) is 117 Å². The molecule has 200 valence electrons. The first-order chi connectivity index (χ1) is 19.1. The molecule has 3 heterocycles. The van der Waals surface area contributed by atoms with Crippen molar-refractivity contribution in [3.05, 3.63) is 106 Å². The van der Waals surface area contributed by atoms with Crippen molar-refractivity contribution in [3.63, 3.8) is 0 Å². The summed E-state index contributed by atoms with van der Waals surface area (Å²) in [7, 11) is 0. The van der Waals surface area contributed by atoms with Gasteiger partial charge < -0.3 is 25.3 Å². The molecule has 0 fully saturated rings. The maximum atomic E-state index is 12.9. The van der Waals surface area contributed by atoms with E-state index in [1.54, 1.807) is 16.9 Å². The van der Waals surface area contributed by atoms with Crippen molar-refractivity contribution >= 4 is 22.5 Å². The van der Waals surface area contributed by atoms with E-state index in [0.29, 0.717) is 35.7 Å². The number of nitrogens with one attached hydrogen (secondary N) is 4. The van der Waals surface area contributed by atoms with Crippen molar-refractivity contribution in [3.8, 4) is 11.3 Å². The fourth-order valence-corrected chi connectivity index (χ4v) is 4.36. The van der Waals surface area contributed by atoms with Crippen LogP contribution in [0, 0.1) is 0 Å². The van der Waals surface area contributed by atoms with Crippen LogP contribution >= 0.6 is 0 Å². The van der Waals surface area contributed by atoms with Gasteiger partial charge in [-0.15, -0.1) is 0 Å². The highest BCUT2D eigenvalue weighted by atomic mass is 16.5. The number of fused-ring (bicyclic) bond motifs is 1. The molecular formula is C30H32N6O3. The molecule has 0 radical (unpaired) electrons. The fraction of sp³-hybridized carbons (Fsp3) is 0.233. The lowest BCUT2D eigenvalue weighted by atomic mass is 10.1. The lowest BCUT2D eigenvalue weighted by molar-refractivity contribution is 0.102. The third kappa shape index (κ3) is 6.70. The highest BCUT2D eigenvalue weighted by molar-refractivity contribution is 6.04. The second kappa shape index (κ2) is 12.4. The number of amides is 1. The average Bonchev–Trinajstić information content (AvgIpc) is 3.59. The van der Waals surface area contributed by atoms with E-state index in [2.05, 4.69) is 44.8 Å². The van der Waals surface area contributed by atoms with Crippen LogP contribution in [-0.4, -0.2) is 45.4 Å². The number of ether oxygens (including phenoxy) is 1. The molecule has 4 N–H and O–H groups in total. The number of carbonyl (C=O) groups is 1. The van der Waals surface area contributed by atoms with Crippen LogP contribution in [0.4, 0.5) is 5.69 Å². The minimum atomic E-state index is -0.304. The predicted octanol–water partition coefficient (Wildman–Crippen LogP) is 4.54. The summed E-state index contributed by atoms with van der Waals surface area (Å²) in [5.74, 6) is -0.304. The monoisotopic (exact) mass is 524 g/mol. The standard InChI is InChI=1S/C30H32N6O3/c1-2-11-39-12-10-31-16-22-8-9-27-23(13-22)14-28(35-27)26-15-25(18-32-30(26)38)34-29(37)24-17-33-36(20-24)19-21-6-4-3-5-7-21/h3-9,13-15,17-18,20,31,35H,2,10-12,16,19H2,1H3,(H,32,38)(H,34,37). The van der Waals surface area contributed by atoms with Gasteiger partial charge in [0.25, 0.3) is 11.5 Å². The predicted molar refractivity (Wildman–Crippen MR) is 153 cm³/mol. The molecule has 39 heavy (non-hydrogen) atoms. The lowest BCUT2D eigenvalue weighted by Crippen LogP contribution is -2.19. The molecule has 0 spiro atoms. The zero-order valence-electron chi connectivity index (χ0n) is 21.9. The van der Waals surface area contributed by atoms with E-state index in [-0.39, 0.29) is 11.5 Å². The maximum Gasteiger partial charge on any atom is 0.258 e. The molecule has 0 bridgehead atoms. The Balaban J connectivity index is 1.26. The molecule has 9 heteroatoms. The molecule has 5 aromatic rings. The summed E-state index contributed by atoms with van der Waals surface area (Å²) in [5, 5.41) is 11.6. The van der Waals surface area contributed by atoms with Crippen LogP contribution in [0.1, 0.15) is 34.8 Å². The van der Waals surface area contributed by atoms with Crippen molar-refractivity contribution in [1.29, 1.82) is 0 Å². The van der Waals surface area contributed by atoms with E-state index in [4.69, 9.17) is 4.74 Å². The van der Waals surface area contributed by atoms with Gasteiger partial charge in [-0.1, -0.05) is 43.3 Å². The Labute approximate surface area is 226 Å². The molecule has 1 amide bonds. The molecule has 0 unspecified atom stereocenters. The third-order valence-corrected chi connectivity index (χ3v) is 6.32. The van der Waals surface area contributed by atoms with Crippen LogP contribution in [0.25, 0.3) is 22.2 Å². The van der Waals surface area contributed by atoms with Crippen molar-refractivity contribution in [2.45, 2.75) is 26.4 Å². The van der Waals surface area contributed by atoms with E-state index >= 15 is 0 Å². The summed E-state index contributed by atoms with van der Waals surface area (Å²) in [6.07, 6.45) is 5.75. The molecule has 0 saturated carbocycles. The van der Waals surface area contributed by atoms with Crippen LogP contribution in [0.2, 0.25) is 0 Å². The molecule has 5 rings (SSSR count). The molecule has 9 nitrogen and oxygen atoms in total. The Hall–Kier alpha value is -4.47. The van der Waals surface area contributed by atoms with Crippen LogP contribution in [0.15, 0.2) is 84.0 Å². The number of pyridine rings is 1. The number of hydrogen-bond donors (Lipinski definition) is 4. The van der Waals surface area contributed by atoms with Crippen molar-refractivity contribution in [2.75, 3.05) is 25.1 Å². The zero-order chi connectivity index (χ0) is 27.0. The first-order valence-electron chi connectivity index (χ1n) is 13.1. The molecule has 0 saturated heterocycles. The largest absolute Gasteiger partial charge is 0.380 e. The van der Waals surface area contributed by atoms with Gasteiger partial charge in [-0.05, 0) is 41.8 Å². The number of nitrogens with zero attached hydrogens (tertiary/aromatic N) is 2. The molecule has 2 aromatic carbocycles. The number of carbonyl (C=O) groups excluding carboxylic acids is 1. The molecule has 0 aliphatic heterocycles. The number of rotatable bonds is 12. The number of H-pyrrole nitrogens is 2. The maximum absolute atomic E-state index is 12.9. The molecule has 0 aliphatic carbocycles. The number of aromatic nitrogens is 4. The Morgan fingerprint density at radius 1 is 1.05 bits per heavy atom. The third-order valence-electron chi connectivity index (χ3n) is 6.32. The molecule has 0 aliphatic rings. The molecule has 3 aromatic heterocycles. The van der Waals surface area contributed by atoms with Gasteiger partial charge in [-0.3, -0.25) is 14.3 Å². The van der Waals surface area contributed by atoms with Gasteiger partial charge in [0.2, 0.25) is 0 Å². The van der Waals surface area contributed by atoms with E-state index < -0.39 is 0 Å². The van der Waals surface area contributed by atoms with Gasteiger partial charge in [-0.2, -0.15) is 5.10 Å². The average molecular weight is 525 g/mol. The summed E-state index contributed by atoms with van der Waals surface area (Å²) in [4.78, 5) is 31.6. The smallest absolute Gasteiger partial charge is 0.258 e. The van der Waals surface area contributed by atoms with Crippen LogP contribution in [0.3, 0.4) is 0 Å². The second-order valence-electron chi connectivity index (χ2n) is 9.39. The van der Waals surface area contributed by atoms with Gasteiger partial charge >= 0.3 is 0 Å². The lowest BCUT2D eigenvalue weighted by Gasteiger charge is -2.05. The number of benzene rings is 2. The molecule has 0 atom stereocenters. The van der Waals surface area contributed by atoms with E-state index in [9.17, 15) is 9.59 Å². The minimum Gasteiger partial charge on any atom is -0.380 e. The van der Waals surface area contributed by atoms with Gasteiger partial charge in [0.05, 0.1) is 41.9 Å². The number of aromatic amines is 2. The minimum absolute atomic E-state index is 0.246. The zero-order valence-corrected chi connectivity index (χ0v) is 21.9. The van der Waals surface area contributed by atoms with Gasteiger partial charge in [0, 0.05) is 43.0 Å². The fourth-order valence-electron chi connectivity index (χ4n) is 4.36. The van der Waals surface area contributed by atoms with Crippen molar-refractivity contribution < 1.29 is 9.53 Å². The quantitative estimate of drug-likeness (QED) is 0.179. The first kappa shape index (κ1) is 26.1. The summed E-state index contributed by atoms with van der Waals surface area (Å²) < 4.78 is 7.22. The van der Waals surface area contributed by atoms with E-state index in [1.165, 1.54) is 12.4 Å². The van der Waals surface area contributed by atoms with Crippen LogP contribution < -0.4 is 16.2 Å². The van der Waals surface area contributed by atoms with Gasteiger partial charge in [-0.25, -0.2) is 0 Å². The van der Waals surface area contributed by atoms with Gasteiger partial charge in [0.15, 0.2) is 0 Å². The number of hydrogen-bond acceptors (Lipinski definition) is 5. The summed E-state index contributed by atoms with van der Waals surface area (Å²) >= 11 is 0. The van der Waals surface area contributed by atoms with Crippen LogP contribution in [-0.2, 0) is 17.8 Å². The Kier molecular flexibility index (Phi) is 8.30. The number of anilines is 1. The summed E-state index contributed by atoms with van der Waals surface area (Å²) in [5.41, 5.74) is 4.96. The SMILES string of the molecule is CCCOCCNCc1ccc2[nH]c(-c3cc(NC(=O)c4cnn(Cc5ccccc5)c4)c[nH]c3=O)cc2c1. The Bertz CT molecular complexity index is 1600. The van der Waals surface area contributed by atoms with E-state index in [0.717, 1.165) is 48.1 Å². The Morgan fingerprint density at radius 3 is 2.77 bits per heavy atom. The molecular weight excluding hydrogens is 492 g/mol. The van der Waals surface area contributed by atoms with Gasteiger partial charge in [0.1, 0.15) is 0 Å². The second-order valence-corrected chi connectivity index (χ2v) is 9.39. The summed E-state index contributed by atoms with van der Waals surface area (Å²) in [6, 6.07) is 19.7. The van der Waals surface area contributed by atoms with Crippen molar-refractivity contribution in [2.24, 2.45) is 0 Å². The summed E-state index contributed by atoms with van der Waals surface area (Å²) in [6.45, 7) is 5.66. The normalized spacial score (nSPS) is 11.2. The highest BCUT2D eigenvalue weighted by Crippen LogP contribution is 2.24. The van der Waals surface area contributed by atoms with E-state index in [1.807, 2.05) is 42.5 Å². The van der Waals surface area contributed by atoms with Crippen LogP contribution in [0.5, 0.6) is 0 Å². The van der Waals surface area contributed by atoms with Crippen molar-refractivity contribution in [1.82, 2.24) is 25.1 Å².